The highest BCUT2D eigenvalue weighted by Gasteiger charge is 2.31. The van der Waals surface area contributed by atoms with Gasteiger partial charge in [-0.05, 0) is 26.0 Å². The van der Waals surface area contributed by atoms with Gasteiger partial charge in [-0.1, -0.05) is 0 Å². The molecule has 1 unspecified atom stereocenters. The lowest BCUT2D eigenvalue weighted by Gasteiger charge is -2.22. The van der Waals surface area contributed by atoms with Gasteiger partial charge in [0.25, 0.3) is 0 Å². The second-order valence-corrected chi connectivity index (χ2v) is 3.97. The molecule has 0 aliphatic carbocycles. The van der Waals surface area contributed by atoms with Crippen LogP contribution in [0.4, 0.5) is 4.39 Å². The van der Waals surface area contributed by atoms with Gasteiger partial charge in [-0.3, -0.25) is 4.98 Å². The maximum atomic E-state index is 12.8. The maximum absolute atomic E-state index is 12.8. The van der Waals surface area contributed by atoms with Crippen LogP contribution in [0.1, 0.15) is 25.4 Å². The van der Waals surface area contributed by atoms with Gasteiger partial charge in [-0.15, -0.1) is 0 Å². The molecular formula is C12H14FN3O. The Morgan fingerprint density at radius 3 is 2.76 bits per heavy atom. The van der Waals surface area contributed by atoms with Crippen molar-refractivity contribution in [1.82, 2.24) is 14.5 Å². The number of nitrogens with zero attached hydrogens (tertiary/aromatic N) is 3. The van der Waals surface area contributed by atoms with Crippen molar-refractivity contribution in [2.45, 2.75) is 26.0 Å². The summed E-state index contributed by atoms with van der Waals surface area (Å²) in [5.74, 6) is 0.0718. The number of imidazole rings is 1. The van der Waals surface area contributed by atoms with E-state index in [1.54, 1.807) is 19.3 Å². The molecule has 0 radical (unpaired) electrons. The van der Waals surface area contributed by atoms with E-state index in [2.05, 4.69) is 9.97 Å². The van der Waals surface area contributed by atoms with Gasteiger partial charge in [0.1, 0.15) is 11.6 Å². The molecule has 0 spiro atoms. The van der Waals surface area contributed by atoms with E-state index in [-0.39, 0.29) is 0 Å². The summed E-state index contributed by atoms with van der Waals surface area (Å²) in [4.78, 5) is 8.04. The minimum atomic E-state index is -1.33. The fourth-order valence-corrected chi connectivity index (χ4v) is 1.77. The molecule has 0 aliphatic heterocycles. The fraction of sp³-hybridized carbons (Fsp3) is 0.333. The van der Waals surface area contributed by atoms with Crippen molar-refractivity contribution in [2.75, 3.05) is 0 Å². The first-order valence-corrected chi connectivity index (χ1v) is 5.41. The molecule has 0 saturated carbocycles. The standard InChI is InChI=1S/C12H14FN3O/c1-3-16-7-6-14-11(16)12(2,17)10-5-4-9(13)8-15-10/h4-8,17H,3H2,1-2H3. The average molecular weight is 235 g/mol. The summed E-state index contributed by atoms with van der Waals surface area (Å²) in [6, 6.07) is 2.74. The Labute approximate surface area is 98.8 Å². The summed E-state index contributed by atoms with van der Waals surface area (Å²) in [6.07, 6.45) is 4.49. The molecule has 0 saturated heterocycles. The van der Waals surface area contributed by atoms with E-state index < -0.39 is 11.4 Å². The normalized spacial score (nSPS) is 14.6. The van der Waals surface area contributed by atoms with E-state index in [0.29, 0.717) is 18.1 Å². The highest BCUT2D eigenvalue weighted by Crippen LogP contribution is 2.26. The monoisotopic (exact) mass is 235 g/mol. The molecule has 5 heteroatoms. The molecule has 2 rings (SSSR count). The molecule has 1 N–H and O–H groups in total. The average Bonchev–Trinajstić information content (AvgIpc) is 2.78. The van der Waals surface area contributed by atoms with E-state index in [1.165, 1.54) is 12.1 Å². The van der Waals surface area contributed by atoms with Crippen LogP contribution in [0, 0.1) is 5.82 Å². The third kappa shape index (κ3) is 2.06. The second-order valence-electron chi connectivity index (χ2n) is 3.97. The zero-order chi connectivity index (χ0) is 12.5. The Kier molecular flexibility index (Phi) is 2.93. The molecule has 2 aromatic heterocycles. The lowest BCUT2D eigenvalue weighted by Crippen LogP contribution is -2.28. The van der Waals surface area contributed by atoms with Crippen molar-refractivity contribution < 1.29 is 9.50 Å². The van der Waals surface area contributed by atoms with Crippen molar-refractivity contribution >= 4 is 0 Å². The van der Waals surface area contributed by atoms with E-state index >= 15 is 0 Å². The summed E-state index contributed by atoms with van der Waals surface area (Å²) in [6.45, 7) is 4.26. The van der Waals surface area contributed by atoms with Crippen molar-refractivity contribution in [3.63, 3.8) is 0 Å². The highest BCUT2D eigenvalue weighted by molar-refractivity contribution is 5.22. The van der Waals surface area contributed by atoms with Crippen molar-refractivity contribution in [2.24, 2.45) is 0 Å². The van der Waals surface area contributed by atoms with Gasteiger partial charge in [0.2, 0.25) is 0 Å². The number of hydrogen-bond donors (Lipinski definition) is 1. The van der Waals surface area contributed by atoms with Gasteiger partial charge in [0.15, 0.2) is 5.60 Å². The third-order valence-corrected chi connectivity index (χ3v) is 2.72. The molecule has 0 aliphatic rings. The topological polar surface area (TPSA) is 50.9 Å². The summed E-state index contributed by atoms with van der Waals surface area (Å²) in [7, 11) is 0. The van der Waals surface area contributed by atoms with Crippen LogP contribution in [0.3, 0.4) is 0 Å². The van der Waals surface area contributed by atoms with Crippen molar-refractivity contribution in [1.29, 1.82) is 0 Å². The third-order valence-electron chi connectivity index (χ3n) is 2.72. The number of rotatable bonds is 3. The minimum absolute atomic E-state index is 0.375. The van der Waals surface area contributed by atoms with Gasteiger partial charge >= 0.3 is 0 Å². The van der Waals surface area contributed by atoms with Crippen LogP contribution in [0.5, 0.6) is 0 Å². The molecule has 0 aromatic carbocycles. The van der Waals surface area contributed by atoms with Crippen LogP contribution in [-0.2, 0) is 12.1 Å². The SMILES string of the molecule is CCn1ccnc1C(C)(O)c1ccc(F)cn1. The first-order valence-electron chi connectivity index (χ1n) is 5.41. The summed E-state index contributed by atoms with van der Waals surface area (Å²) in [5.41, 5.74) is -0.951. The van der Waals surface area contributed by atoms with Crippen LogP contribution in [0.15, 0.2) is 30.7 Å². The van der Waals surface area contributed by atoms with Gasteiger partial charge in [0.05, 0.1) is 11.9 Å². The number of aliphatic hydroxyl groups is 1. The van der Waals surface area contributed by atoms with Gasteiger partial charge in [0, 0.05) is 18.9 Å². The number of pyridine rings is 1. The number of aryl methyl sites for hydroxylation is 1. The quantitative estimate of drug-likeness (QED) is 0.880. The molecule has 90 valence electrons. The van der Waals surface area contributed by atoms with Gasteiger partial charge in [-0.25, -0.2) is 9.37 Å². The number of hydrogen-bond acceptors (Lipinski definition) is 3. The largest absolute Gasteiger partial charge is 0.376 e. The predicted molar refractivity (Wildman–Crippen MR) is 60.8 cm³/mol. The molecule has 0 fully saturated rings. The van der Waals surface area contributed by atoms with E-state index in [9.17, 15) is 9.50 Å². The van der Waals surface area contributed by atoms with Crippen molar-refractivity contribution in [3.8, 4) is 0 Å². The second kappa shape index (κ2) is 4.25. The summed E-state index contributed by atoms with van der Waals surface area (Å²) >= 11 is 0. The Hall–Kier alpha value is -1.75. The fourth-order valence-electron chi connectivity index (χ4n) is 1.77. The first kappa shape index (κ1) is 11.7. The van der Waals surface area contributed by atoms with E-state index in [0.717, 1.165) is 6.20 Å². The Morgan fingerprint density at radius 1 is 1.41 bits per heavy atom. The molecule has 0 bridgehead atoms. The van der Waals surface area contributed by atoms with Gasteiger partial charge in [-0.2, -0.15) is 0 Å². The van der Waals surface area contributed by atoms with Crippen molar-refractivity contribution in [3.05, 3.63) is 48.1 Å². The molecule has 2 aromatic rings. The first-order chi connectivity index (χ1) is 8.05. The zero-order valence-electron chi connectivity index (χ0n) is 9.76. The molecule has 4 nitrogen and oxygen atoms in total. The van der Waals surface area contributed by atoms with Crippen LogP contribution in [0.25, 0.3) is 0 Å². The van der Waals surface area contributed by atoms with E-state index in [4.69, 9.17) is 0 Å². The van der Waals surface area contributed by atoms with Crippen LogP contribution >= 0.6 is 0 Å². The molecule has 2 heterocycles. The maximum Gasteiger partial charge on any atom is 0.161 e. The number of halogens is 1. The Balaban J connectivity index is 2.45. The smallest absolute Gasteiger partial charge is 0.161 e. The zero-order valence-corrected chi connectivity index (χ0v) is 9.76. The molecule has 1 atom stereocenters. The van der Waals surface area contributed by atoms with Crippen LogP contribution in [0.2, 0.25) is 0 Å². The molecular weight excluding hydrogens is 221 g/mol. The molecule has 17 heavy (non-hydrogen) atoms. The lowest BCUT2D eigenvalue weighted by atomic mass is 10.0. The lowest BCUT2D eigenvalue weighted by molar-refractivity contribution is 0.0834. The Bertz CT molecular complexity index is 505. The summed E-state index contributed by atoms with van der Waals surface area (Å²) < 4.78 is 14.6. The van der Waals surface area contributed by atoms with Crippen LogP contribution in [-0.4, -0.2) is 19.6 Å². The van der Waals surface area contributed by atoms with E-state index in [1.807, 2.05) is 11.5 Å². The summed E-state index contributed by atoms with van der Waals surface area (Å²) in [5, 5.41) is 10.5. The van der Waals surface area contributed by atoms with Gasteiger partial charge < -0.3 is 9.67 Å². The number of aromatic nitrogens is 3. The Morgan fingerprint density at radius 2 is 2.18 bits per heavy atom. The predicted octanol–water partition coefficient (Wildman–Crippen LogP) is 1.69. The minimum Gasteiger partial charge on any atom is -0.376 e. The molecule has 0 amide bonds. The van der Waals surface area contributed by atoms with Crippen LogP contribution < -0.4 is 0 Å². The highest BCUT2D eigenvalue weighted by atomic mass is 19.1.